The lowest BCUT2D eigenvalue weighted by molar-refractivity contribution is 0.216. The molecule has 1 aliphatic rings. The number of hydrogen-bond donors (Lipinski definition) is 1. The summed E-state index contributed by atoms with van der Waals surface area (Å²) in [6.07, 6.45) is 5.43. The van der Waals surface area contributed by atoms with Crippen LogP contribution in [-0.4, -0.2) is 10.1 Å². The van der Waals surface area contributed by atoms with Gasteiger partial charge in [0.1, 0.15) is 0 Å². The van der Waals surface area contributed by atoms with Crippen LogP contribution in [0.4, 0.5) is 0 Å². The predicted octanol–water partition coefficient (Wildman–Crippen LogP) is 3.80. The van der Waals surface area contributed by atoms with Crippen molar-refractivity contribution in [1.29, 1.82) is 0 Å². The van der Waals surface area contributed by atoms with Gasteiger partial charge in [0.2, 0.25) is 0 Å². The lowest BCUT2D eigenvalue weighted by Crippen LogP contribution is -2.41. The Morgan fingerprint density at radius 2 is 1.90 bits per heavy atom. The zero-order valence-electron chi connectivity index (χ0n) is 12.8. The van der Waals surface area contributed by atoms with Gasteiger partial charge in [-0.2, -0.15) is 4.98 Å². The van der Waals surface area contributed by atoms with Gasteiger partial charge in [-0.1, -0.05) is 36.2 Å². The summed E-state index contributed by atoms with van der Waals surface area (Å²) in [6, 6.07) is 8.10. The minimum absolute atomic E-state index is 0.419. The Hall–Kier alpha value is -1.68. The van der Waals surface area contributed by atoms with Crippen LogP contribution in [0, 0.1) is 12.8 Å². The molecule has 4 heteroatoms. The van der Waals surface area contributed by atoms with Crippen molar-refractivity contribution in [3.63, 3.8) is 0 Å². The topological polar surface area (TPSA) is 64.9 Å². The Bertz CT molecular complexity index is 595. The molecule has 21 heavy (non-hydrogen) atoms. The van der Waals surface area contributed by atoms with Crippen molar-refractivity contribution in [2.24, 2.45) is 11.7 Å². The lowest BCUT2D eigenvalue weighted by atomic mass is 9.76. The lowest BCUT2D eigenvalue weighted by Gasteiger charge is -2.34. The zero-order chi connectivity index (χ0) is 14.9. The van der Waals surface area contributed by atoms with E-state index in [0.717, 1.165) is 37.2 Å². The van der Waals surface area contributed by atoms with Gasteiger partial charge in [-0.25, -0.2) is 0 Å². The largest absolute Gasteiger partial charge is 0.334 e. The summed E-state index contributed by atoms with van der Waals surface area (Å²) in [4.78, 5) is 4.55. The molecule has 1 saturated carbocycles. The Kier molecular flexibility index (Phi) is 3.81. The normalized spacial score (nSPS) is 26.0. The maximum atomic E-state index is 6.53. The molecule has 1 aromatic heterocycles. The molecule has 0 aliphatic heterocycles. The van der Waals surface area contributed by atoms with E-state index in [1.165, 1.54) is 12.0 Å². The van der Waals surface area contributed by atoms with Gasteiger partial charge >= 0.3 is 0 Å². The molecule has 0 amide bonds. The molecular formula is C17H23N3O. The summed E-state index contributed by atoms with van der Waals surface area (Å²) in [5, 5.41) is 4.15. The third-order valence-electron chi connectivity index (χ3n) is 4.74. The number of benzene rings is 1. The smallest absolute Gasteiger partial charge is 0.257 e. The SMILES string of the molecule is CCC1CCC(N)(c2noc(-c3ccc(C)cc3)n2)CC1. The summed E-state index contributed by atoms with van der Waals surface area (Å²) in [6.45, 7) is 4.31. The number of aryl methyl sites for hydroxylation is 1. The average Bonchev–Trinajstić information content (AvgIpc) is 2.99. The van der Waals surface area contributed by atoms with E-state index in [1.807, 2.05) is 24.3 Å². The van der Waals surface area contributed by atoms with Crippen LogP contribution in [0.15, 0.2) is 28.8 Å². The highest BCUT2D eigenvalue weighted by molar-refractivity contribution is 5.53. The summed E-state index contributed by atoms with van der Waals surface area (Å²) < 4.78 is 5.42. The van der Waals surface area contributed by atoms with Crippen LogP contribution in [0.5, 0.6) is 0 Å². The predicted molar refractivity (Wildman–Crippen MR) is 82.6 cm³/mol. The van der Waals surface area contributed by atoms with Crippen molar-refractivity contribution in [3.05, 3.63) is 35.7 Å². The highest BCUT2D eigenvalue weighted by Crippen LogP contribution is 2.37. The van der Waals surface area contributed by atoms with Crippen LogP contribution >= 0.6 is 0 Å². The standard InChI is InChI=1S/C17H23N3O/c1-3-13-8-10-17(18,11-9-13)16-19-15(21-20-16)14-6-4-12(2)5-7-14/h4-7,13H,3,8-11,18H2,1-2H3. The second kappa shape index (κ2) is 5.60. The van der Waals surface area contributed by atoms with Crippen molar-refractivity contribution in [1.82, 2.24) is 10.1 Å². The first-order valence-electron chi connectivity index (χ1n) is 7.81. The monoisotopic (exact) mass is 285 g/mol. The fourth-order valence-corrected chi connectivity index (χ4v) is 3.06. The van der Waals surface area contributed by atoms with Gasteiger partial charge in [-0.15, -0.1) is 0 Å². The molecule has 1 aromatic carbocycles. The van der Waals surface area contributed by atoms with Gasteiger partial charge in [-0.3, -0.25) is 0 Å². The first-order chi connectivity index (χ1) is 10.1. The van der Waals surface area contributed by atoms with Gasteiger partial charge in [0.15, 0.2) is 5.82 Å². The van der Waals surface area contributed by atoms with E-state index in [4.69, 9.17) is 10.3 Å². The van der Waals surface area contributed by atoms with E-state index < -0.39 is 5.54 Å². The molecule has 3 rings (SSSR count). The maximum absolute atomic E-state index is 6.53. The van der Waals surface area contributed by atoms with Crippen molar-refractivity contribution in [3.8, 4) is 11.5 Å². The van der Waals surface area contributed by atoms with Crippen molar-refractivity contribution in [2.75, 3.05) is 0 Å². The molecule has 0 bridgehead atoms. The van der Waals surface area contributed by atoms with Crippen molar-refractivity contribution >= 4 is 0 Å². The third-order valence-corrected chi connectivity index (χ3v) is 4.74. The van der Waals surface area contributed by atoms with Crippen LogP contribution in [0.2, 0.25) is 0 Å². The Balaban J connectivity index is 1.80. The second-order valence-corrected chi connectivity index (χ2v) is 6.30. The van der Waals surface area contributed by atoms with E-state index in [0.29, 0.717) is 11.7 Å². The molecule has 0 spiro atoms. The molecule has 2 aromatic rings. The molecule has 0 radical (unpaired) electrons. The summed E-state index contributed by atoms with van der Waals surface area (Å²) in [7, 11) is 0. The van der Waals surface area contributed by atoms with Crippen LogP contribution in [-0.2, 0) is 5.54 Å². The van der Waals surface area contributed by atoms with E-state index >= 15 is 0 Å². The molecule has 0 atom stereocenters. The van der Waals surface area contributed by atoms with Gasteiger partial charge in [0.25, 0.3) is 5.89 Å². The van der Waals surface area contributed by atoms with E-state index in [2.05, 4.69) is 24.0 Å². The molecular weight excluding hydrogens is 262 g/mol. The fourth-order valence-electron chi connectivity index (χ4n) is 3.06. The molecule has 112 valence electrons. The summed E-state index contributed by atoms with van der Waals surface area (Å²) in [5.74, 6) is 2.02. The molecule has 0 saturated heterocycles. The Morgan fingerprint density at radius 3 is 2.52 bits per heavy atom. The number of nitrogens with two attached hydrogens (primary N) is 1. The highest BCUT2D eigenvalue weighted by atomic mass is 16.5. The van der Waals surface area contributed by atoms with Gasteiger partial charge < -0.3 is 10.3 Å². The van der Waals surface area contributed by atoms with Crippen LogP contribution in [0.25, 0.3) is 11.5 Å². The first-order valence-corrected chi connectivity index (χ1v) is 7.81. The van der Waals surface area contributed by atoms with E-state index in [9.17, 15) is 0 Å². The minimum Gasteiger partial charge on any atom is -0.334 e. The summed E-state index contributed by atoms with van der Waals surface area (Å²) >= 11 is 0. The Morgan fingerprint density at radius 1 is 1.24 bits per heavy atom. The van der Waals surface area contributed by atoms with Crippen LogP contribution in [0.1, 0.15) is 50.4 Å². The molecule has 4 nitrogen and oxygen atoms in total. The third kappa shape index (κ3) is 2.86. The van der Waals surface area contributed by atoms with Gasteiger partial charge in [-0.05, 0) is 50.7 Å². The number of nitrogens with zero attached hydrogens (tertiary/aromatic N) is 2. The van der Waals surface area contributed by atoms with Gasteiger partial charge in [0.05, 0.1) is 5.54 Å². The number of hydrogen-bond acceptors (Lipinski definition) is 4. The minimum atomic E-state index is -0.419. The van der Waals surface area contributed by atoms with Crippen molar-refractivity contribution in [2.45, 2.75) is 51.5 Å². The number of aromatic nitrogens is 2. The van der Waals surface area contributed by atoms with Crippen LogP contribution < -0.4 is 5.73 Å². The average molecular weight is 285 g/mol. The second-order valence-electron chi connectivity index (χ2n) is 6.30. The molecule has 0 unspecified atom stereocenters. The van der Waals surface area contributed by atoms with E-state index in [-0.39, 0.29) is 0 Å². The molecule has 1 fully saturated rings. The van der Waals surface area contributed by atoms with Crippen molar-refractivity contribution < 1.29 is 4.52 Å². The maximum Gasteiger partial charge on any atom is 0.257 e. The molecule has 1 aliphatic carbocycles. The zero-order valence-corrected chi connectivity index (χ0v) is 12.8. The summed E-state index contributed by atoms with van der Waals surface area (Å²) in [5.41, 5.74) is 8.27. The quantitative estimate of drug-likeness (QED) is 0.931. The highest BCUT2D eigenvalue weighted by Gasteiger charge is 2.36. The van der Waals surface area contributed by atoms with E-state index in [1.54, 1.807) is 0 Å². The van der Waals surface area contributed by atoms with Gasteiger partial charge in [0, 0.05) is 5.56 Å². The first kappa shape index (κ1) is 14.3. The Labute approximate surface area is 125 Å². The number of rotatable bonds is 3. The fraction of sp³-hybridized carbons (Fsp3) is 0.529. The molecule has 1 heterocycles. The molecule has 2 N–H and O–H groups in total. The van der Waals surface area contributed by atoms with Crippen LogP contribution in [0.3, 0.4) is 0 Å².